The second kappa shape index (κ2) is 6.95. The molecule has 0 bridgehead atoms. The quantitative estimate of drug-likeness (QED) is 0.879. The van der Waals surface area contributed by atoms with Crippen LogP contribution in [0.4, 0.5) is 4.79 Å². The predicted molar refractivity (Wildman–Crippen MR) is 90.5 cm³/mol. The first-order valence-corrected chi connectivity index (χ1v) is 8.46. The summed E-state index contributed by atoms with van der Waals surface area (Å²) in [4.78, 5) is 11.8. The molecule has 5 nitrogen and oxygen atoms in total. The molecule has 1 aromatic heterocycles. The zero-order valence-corrected chi connectivity index (χ0v) is 15.2. The number of furan rings is 1. The van der Waals surface area contributed by atoms with E-state index >= 15 is 0 Å². The van der Waals surface area contributed by atoms with E-state index in [1.165, 1.54) is 5.56 Å². The molecule has 23 heavy (non-hydrogen) atoms. The third-order valence-corrected chi connectivity index (χ3v) is 4.19. The van der Waals surface area contributed by atoms with E-state index in [1.54, 1.807) is 0 Å². The molecule has 1 saturated carbocycles. The van der Waals surface area contributed by atoms with Crippen LogP contribution >= 0.6 is 0 Å². The summed E-state index contributed by atoms with van der Waals surface area (Å²) in [7, 11) is 0. The summed E-state index contributed by atoms with van der Waals surface area (Å²) in [5, 5.41) is 6.62. The SMILES string of the molecule is Cc1cc(C(C)NC2CCC(NC(=O)OC(C)(C)C)C2)c(C)o1. The zero-order valence-electron chi connectivity index (χ0n) is 15.2. The Kier molecular flexibility index (Phi) is 5.40. The molecule has 0 aromatic carbocycles. The van der Waals surface area contributed by atoms with Crippen LogP contribution in [0.2, 0.25) is 0 Å². The van der Waals surface area contributed by atoms with Gasteiger partial charge in [-0.2, -0.15) is 0 Å². The van der Waals surface area contributed by atoms with Crippen LogP contribution < -0.4 is 10.6 Å². The third-order valence-electron chi connectivity index (χ3n) is 4.19. The van der Waals surface area contributed by atoms with E-state index in [4.69, 9.17) is 9.15 Å². The van der Waals surface area contributed by atoms with Crippen LogP contribution in [0.5, 0.6) is 0 Å². The molecule has 1 amide bonds. The lowest BCUT2D eigenvalue weighted by Gasteiger charge is -2.22. The normalized spacial score (nSPS) is 22.9. The molecule has 0 radical (unpaired) electrons. The van der Waals surface area contributed by atoms with E-state index in [0.29, 0.717) is 6.04 Å². The maximum absolute atomic E-state index is 11.8. The maximum atomic E-state index is 11.8. The monoisotopic (exact) mass is 322 g/mol. The number of rotatable bonds is 4. The van der Waals surface area contributed by atoms with Crippen LogP contribution in [0, 0.1) is 13.8 Å². The molecule has 0 saturated heterocycles. The van der Waals surface area contributed by atoms with Crippen molar-refractivity contribution in [2.75, 3.05) is 0 Å². The second-order valence-corrected chi connectivity index (χ2v) is 7.61. The lowest BCUT2D eigenvalue weighted by molar-refractivity contribution is 0.0505. The van der Waals surface area contributed by atoms with Crippen molar-refractivity contribution in [2.45, 2.75) is 84.5 Å². The minimum atomic E-state index is -0.453. The Morgan fingerprint density at radius 1 is 1.30 bits per heavy atom. The average Bonchev–Trinajstić information content (AvgIpc) is 2.93. The Balaban J connectivity index is 1.81. The molecule has 3 atom stereocenters. The Bertz CT molecular complexity index is 545. The number of aryl methyl sites for hydroxylation is 2. The zero-order chi connectivity index (χ0) is 17.2. The fraction of sp³-hybridized carbons (Fsp3) is 0.722. The van der Waals surface area contributed by atoms with Gasteiger partial charge in [0, 0.05) is 23.7 Å². The van der Waals surface area contributed by atoms with E-state index in [9.17, 15) is 4.79 Å². The van der Waals surface area contributed by atoms with Crippen molar-refractivity contribution in [1.82, 2.24) is 10.6 Å². The lowest BCUT2D eigenvalue weighted by Crippen LogP contribution is -2.39. The van der Waals surface area contributed by atoms with Gasteiger partial charge in [-0.05, 0) is 66.9 Å². The van der Waals surface area contributed by atoms with Gasteiger partial charge in [0.25, 0.3) is 0 Å². The van der Waals surface area contributed by atoms with Gasteiger partial charge in [-0.25, -0.2) is 4.79 Å². The highest BCUT2D eigenvalue weighted by molar-refractivity contribution is 5.68. The summed E-state index contributed by atoms with van der Waals surface area (Å²) in [5.74, 6) is 1.92. The first-order chi connectivity index (χ1) is 10.6. The molecular formula is C18H30N2O3. The third kappa shape index (κ3) is 5.27. The maximum Gasteiger partial charge on any atom is 0.407 e. The minimum absolute atomic E-state index is 0.182. The number of carbonyl (C=O) groups excluding carboxylic acids is 1. The number of hydrogen-bond acceptors (Lipinski definition) is 4. The number of alkyl carbamates (subject to hydrolysis) is 1. The standard InChI is InChI=1S/C18H30N2O3/c1-11-9-16(13(3)22-11)12(2)19-14-7-8-15(10-14)20-17(21)23-18(4,5)6/h9,12,14-15,19H,7-8,10H2,1-6H3,(H,20,21). The molecule has 5 heteroatoms. The molecule has 0 aliphatic heterocycles. The smallest absolute Gasteiger partial charge is 0.407 e. The van der Waals surface area contributed by atoms with Crippen LogP contribution in [-0.2, 0) is 4.74 Å². The number of amides is 1. The summed E-state index contributed by atoms with van der Waals surface area (Å²) in [6, 6.07) is 2.93. The van der Waals surface area contributed by atoms with E-state index in [1.807, 2.05) is 34.6 Å². The summed E-state index contributed by atoms with van der Waals surface area (Å²) in [5.41, 5.74) is 0.761. The Hall–Kier alpha value is -1.49. The second-order valence-electron chi connectivity index (χ2n) is 7.61. The molecule has 1 aromatic rings. The van der Waals surface area contributed by atoms with Crippen molar-refractivity contribution >= 4 is 6.09 Å². The molecule has 130 valence electrons. The Labute approximate surface area is 139 Å². The first-order valence-electron chi connectivity index (χ1n) is 8.46. The summed E-state index contributed by atoms with van der Waals surface area (Å²) in [6.07, 6.45) is 2.64. The van der Waals surface area contributed by atoms with E-state index in [0.717, 1.165) is 30.8 Å². The van der Waals surface area contributed by atoms with Crippen molar-refractivity contribution in [3.05, 3.63) is 23.2 Å². The van der Waals surface area contributed by atoms with Crippen LogP contribution in [0.3, 0.4) is 0 Å². The molecule has 1 fully saturated rings. The summed E-state index contributed by atoms with van der Waals surface area (Å²) < 4.78 is 10.9. The average molecular weight is 322 g/mol. The number of hydrogen-bond donors (Lipinski definition) is 2. The first kappa shape index (κ1) is 17.9. The molecule has 3 unspecified atom stereocenters. The van der Waals surface area contributed by atoms with Gasteiger partial charge in [-0.15, -0.1) is 0 Å². The van der Waals surface area contributed by atoms with Crippen LogP contribution in [0.15, 0.2) is 10.5 Å². The van der Waals surface area contributed by atoms with Crippen LogP contribution in [0.25, 0.3) is 0 Å². The Morgan fingerprint density at radius 3 is 2.52 bits per heavy atom. The van der Waals surface area contributed by atoms with Crippen LogP contribution in [0.1, 0.15) is 70.1 Å². The van der Waals surface area contributed by atoms with Crippen molar-refractivity contribution in [3.63, 3.8) is 0 Å². The highest BCUT2D eigenvalue weighted by Crippen LogP contribution is 2.26. The van der Waals surface area contributed by atoms with E-state index < -0.39 is 5.60 Å². The molecule has 0 spiro atoms. The number of nitrogens with one attached hydrogen (secondary N) is 2. The highest BCUT2D eigenvalue weighted by Gasteiger charge is 2.29. The molecule has 1 aliphatic rings. The van der Waals surface area contributed by atoms with Gasteiger partial charge in [-0.1, -0.05) is 0 Å². The van der Waals surface area contributed by atoms with Gasteiger partial charge >= 0.3 is 6.09 Å². The van der Waals surface area contributed by atoms with Gasteiger partial charge in [0.2, 0.25) is 0 Å². The molecule has 2 rings (SSSR count). The fourth-order valence-electron chi connectivity index (χ4n) is 3.26. The van der Waals surface area contributed by atoms with Crippen LogP contribution in [-0.4, -0.2) is 23.8 Å². The summed E-state index contributed by atoms with van der Waals surface area (Å²) >= 11 is 0. The van der Waals surface area contributed by atoms with Crippen molar-refractivity contribution in [3.8, 4) is 0 Å². The van der Waals surface area contributed by atoms with Gasteiger partial charge in [0.05, 0.1) is 0 Å². The molecule has 2 N–H and O–H groups in total. The Morgan fingerprint density at radius 2 is 1.96 bits per heavy atom. The molecular weight excluding hydrogens is 292 g/mol. The van der Waals surface area contributed by atoms with E-state index in [-0.39, 0.29) is 18.2 Å². The van der Waals surface area contributed by atoms with Gasteiger partial charge < -0.3 is 19.8 Å². The molecule has 1 heterocycles. The minimum Gasteiger partial charge on any atom is -0.466 e. The number of carbonyl (C=O) groups is 1. The highest BCUT2D eigenvalue weighted by atomic mass is 16.6. The fourth-order valence-corrected chi connectivity index (χ4v) is 3.26. The van der Waals surface area contributed by atoms with Crippen molar-refractivity contribution in [1.29, 1.82) is 0 Å². The van der Waals surface area contributed by atoms with E-state index in [2.05, 4.69) is 23.6 Å². The van der Waals surface area contributed by atoms with Gasteiger partial charge in [-0.3, -0.25) is 0 Å². The predicted octanol–water partition coefficient (Wildman–Crippen LogP) is 3.99. The largest absolute Gasteiger partial charge is 0.466 e. The topological polar surface area (TPSA) is 63.5 Å². The van der Waals surface area contributed by atoms with Gasteiger partial charge in [0.15, 0.2) is 0 Å². The van der Waals surface area contributed by atoms with Gasteiger partial charge in [0.1, 0.15) is 17.1 Å². The lowest BCUT2D eigenvalue weighted by atomic mass is 10.1. The van der Waals surface area contributed by atoms with Crippen molar-refractivity contribution in [2.24, 2.45) is 0 Å². The molecule has 1 aliphatic carbocycles. The number of ether oxygens (including phenoxy) is 1. The van der Waals surface area contributed by atoms with Crippen molar-refractivity contribution < 1.29 is 13.9 Å². The summed E-state index contributed by atoms with van der Waals surface area (Å²) in [6.45, 7) is 11.8.